The number of hydrogen-bond donors (Lipinski definition) is 4. The topological polar surface area (TPSA) is 157 Å². The van der Waals surface area contributed by atoms with Gasteiger partial charge in [-0.05, 0) is 61.1 Å². The van der Waals surface area contributed by atoms with Gasteiger partial charge in [-0.2, -0.15) is 5.26 Å². The molecule has 1 aliphatic carbocycles. The average Bonchev–Trinajstić information content (AvgIpc) is 3.65. The van der Waals surface area contributed by atoms with Crippen LogP contribution >= 0.6 is 0 Å². The number of esters is 1. The van der Waals surface area contributed by atoms with Gasteiger partial charge in [-0.25, -0.2) is 22.9 Å². The van der Waals surface area contributed by atoms with E-state index in [9.17, 15) is 13.2 Å². The third kappa shape index (κ3) is 5.62. The Hall–Kier alpha value is -3.59. The van der Waals surface area contributed by atoms with Crippen LogP contribution < -0.4 is 15.4 Å². The van der Waals surface area contributed by atoms with Crippen molar-refractivity contribution in [1.82, 2.24) is 15.0 Å². The number of nitriles is 1. The standard InChI is InChI=1S/C25H28N6O4S/c1-15-7-24(30-12-18(15)9-27)29-11-17(8-26)10-28-13-23(31-36(33,34)19-3-4-19)20-5-6-21-22(16(20)2)14-35-25(21)32/h5-8,11-12,19,23,26,28,31H,3-4,10,13-14H2,1-2H3,(H,29,30)/b17-11+,26-8?. The summed E-state index contributed by atoms with van der Waals surface area (Å²) in [7, 11) is -3.48. The zero-order chi connectivity index (χ0) is 25.9. The minimum atomic E-state index is -3.48. The highest BCUT2D eigenvalue weighted by atomic mass is 32.2. The fourth-order valence-corrected chi connectivity index (χ4v) is 5.61. The van der Waals surface area contributed by atoms with E-state index in [1.807, 2.05) is 13.8 Å². The number of hydrogen-bond acceptors (Lipinski definition) is 9. The molecule has 0 saturated heterocycles. The van der Waals surface area contributed by atoms with Crippen LogP contribution in [-0.2, 0) is 21.4 Å². The first-order chi connectivity index (χ1) is 17.2. The van der Waals surface area contributed by atoms with E-state index in [0.29, 0.717) is 41.9 Å². The molecule has 1 aliphatic heterocycles. The van der Waals surface area contributed by atoms with Gasteiger partial charge in [0.25, 0.3) is 0 Å². The molecule has 10 nitrogen and oxygen atoms in total. The smallest absolute Gasteiger partial charge is 0.338 e. The Morgan fingerprint density at radius 1 is 1.36 bits per heavy atom. The minimum Gasteiger partial charge on any atom is -0.457 e. The number of carbonyl (C=O) groups is 1. The number of pyridine rings is 1. The Morgan fingerprint density at radius 3 is 2.81 bits per heavy atom. The number of carbonyl (C=O) groups excluding carboxylic acids is 1. The summed E-state index contributed by atoms with van der Waals surface area (Å²) in [6.45, 7) is 4.45. The van der Waals surface area contributed by atoms with Gasteiger partial charge in [0, 0.05) is 37.3 Å². The highest BCUT2D eigenvalue weighted by Crippen LogP contribution is 2.32. The number of fused-ring (bicyclic) bond motifs is 1. The molecule has 1 aromatic carbocycles. The van der Waals surface area contributed by atoms with Gasteiger partial charge in [0.2, 0.25) is 10.0 Å². The molecule has 2 heterocycles. The van der Waals surface area contributed by atoms with Crippen LogP contribution in [0.4, 0.5) is 5.82 Å². The van der Waals surface area contributed by atoms with Crippen LogP contribution in [0, 0.1) is 30.6 Å². The molecule has 36 heavy (non-hydrogen) atoms. The van der Waals surface area contributed by atoms with Gasteiger partial charge in [0.15, 0.2) is 0 Å². The first-order valence-electron chi connectivity index (χ1n) is 11.6. The van der Waals surface area contributed by atoms with Crippen molar-refractivity contribution in [2.45, 2.75) is 44.6 Å². The summed E-state index contributed by atoms with van der Waals surface area (Å²) in [5.41, 5.74) is 4.81. The Balaban J connectivity index is 1.47. The molecule has 1 atom stereocenters. The first kappa shape index (κ1) is 25.5. The van der Waals surface area contributed by atoms with Crippen LogP contribution in [0.2, 0.25) is 0 Å². The molecular weight excluding hydrogens is 480 g/mol. The van der Waals surface area contributed by atoms with Gasteiger partial charge in [0.05, 0.1) is 22.4 Å². The molecule has 0 bridgehead atoms. The summed E-state index contributed by atoms with van der Waals surface area (Å²) in [6.07, 6.45) is 5.62. The molecule has 4 rings (SSSR count). The number of sulfonamides is 1. The quantitative estimate of drug-likeness (QED) is 0.266. The Kier molecular flexibility index (Phi) is 7.49. The molecule has 188 valence electrons. The lowest BCUT2D eigenvalue weighted by Crippen LogP contribution is -2.38. The molecule has 11 heteroatoms. The average molecular weight is 509 g/mol. The van der Waals surface area contributed by atoms with E-state index in [2.05, 4.69) is 26.4 Å². The Morgan fingerprint density at radius 2 is 2.14 bits per heavy atom. The summed E-state index contributed by atoms with van der Waals surface area (Å²) >= 11 is 0. The fraction of sp³-hybridized carbons (Fsp3) is 0.360. The number of cyclic esters (lactones) is 1. The van der Waals surface area contributed by atoms with Crippen molar-refractivity contribution in [1.29, 1.82) is 10.7 Å². The van der Waals surface area contributed by atoms with Crippen LogP contribution in [0.15, 0.2) is 36.2 Å². The number of anilines is 1. The number of aryl methyl sites for hydroxylation is 1. The van der Waals surface area contributed by atoms with Gasteiger partial charge in [-0.15, -0.1) is 0 Å². The maximum Gasteiger partial charge on any atom is 0.338 e. The number of benzene rings is 1. The van der Waals surface area contributed by atoms with E-state index in [1.54, 1.807) is 24.4 Å². The van der Waals surface area contributed by atoms with Crippen molar-refractivity contribution >= 4 is 28.0 Å². The second-order valence-corrected chi connectivity index (χ2v) is 10.9. The van der Waals surface area contributed by atoms with E-state index >= 15 is 0 Å². The van der Waals surface area contributed by atoms with E-state index in [0.717, 1.165) is 22.3 Å². The lowest BCUT2D eigenvalue weighted by molar-refractivity contribution is 0.0535. The van der Waals surface area contributed by atoms with Gasteiger partial charge < -0.3 is 20.8 Å². The third-order valence-corrected chi connectivity index (χ3v) is 8.31. The van der Waals surface area contributed by atoms with Crippen LogP contribution in [0.3, 0.4) is 0 Å². The van der Waals surface area contributed by atoms with Gasteiger partial charge in [-0.3, -0.25) is 0 Å². The number of aromatic nitrogens is 1. The monoisotopic (exact) mass is 508 g/mol. The predicted molar refractivity (Wildman–Crippen MR) is 135 cm³/mol. The number of nitrogens with zero attached hydrogens (tertiary/aromatic N) is 2. The molecule has 0 radical (unpaired) electrons. The van der Waals surface area contributed by atoms with E-state index in [1.165, 1.54) is 12.4 Å². The van der Waals surface area contributed by atoms with Gasteiger partial charge in [-0.1, -0.05) is 6.07 Å². The van der Waals surface area contributed by atoms with E-state index < -0.39 is 16.1 Å². The second kappa shape index (κ2) is 10.6. The number of ether oxygens (including phenoxy) is 1. The fourth-order valence-electron chi connectivity index (χ4n) is 4.06. The molecule has 1 aromatic heterocycles. The second-order valence-electron chi connectivity index (χ2n) is 8.93. The predicted octanol–water partition coefficient (Wildman–Crippen LogP) is 2.60. The normalized spacial score (nSPS) is 16.1. The number of rotatable bonds is 11. The number of nitrogens with one attached hydrogen (secondary N) is 4. The molecular formula is C25H28N6O4S. The summed E-state index contributed by atoms with van der Waals surface area (Å²) in [5.74, 6) is 0.180. The third-order valence-electron chi connectivity index (χ3n) is 6.35. The maximum absolute atomic E-state index is 12.8. The molecule has 0 amide bonds. The van der Waals surface area contributed by atoms with E-state index in [-0.39, 0.29) is 24.4 Å². The summed E-state index contributed by atoms with van der Waals surface area (Å²) in [5, 5.41) is 22.7. The maximum atomic E-state index is 12.8. The van der Waals surface area contributed by atoms with Crippen molar-refractivity contribution in [3.8, 4) is 6.07 Å². The summed E-state index contributed by atoms with van der Waals surface area (Å²) in [6, 6.07) is 6.72. The van der Waals surface area contributed by atoms with Gasteiger partial charge in [0.1, 0.15) is 18.5 Å². The largest absolute Gasteiger partial charge is 0.457 e. The van der Waals surface area contributed by atoms with Crippen molar-refractivity contribution in [3.05, 3.63) is 69.5 Å². The molecule has 2 aliphatic rings. The lowest BCUT2D eigenvalue weighted by Gasteiger charge is -2.23. The van der Waals surface area contributed by atoms with Crippen LogP contribution in [0.25, 0.3) is 0 Å². The SMILES string of the molecule is Cc1cc(N/C=C(\C=N)CNCC(NS(=O)(=O)C2CC2)c2ccc3c(c2C)COC3=O)ncc1C#N. The first-order valence-corrected chi connectivity index (χ1v) is 13.1. The zero-order valence-corrected chi connectivity index (χ0v) is 20.9. The lowest BCUT2D eigenvalue weighted by atomic mass is 9.94. The molecule has 1 saturated carbocycles. The van der Waals surface area contributed by atoms with Crippen LogP contribution in [0.5, 0.6) is 0 Å². The van der Waals surface area contributed by atoms with Crippen molar-refractivity contribution < 1.29 is 17.9 Å². The zero-order valence-electron chi connectivity index (χ0n) is 20.1. The van der Waals surface area contributed by atoms with Crippen molar-refractivity contribution in [2.24, 2.45) is 0 Å². The molecule has 1 unspecified atom stereocenters. The molecule has 0 spiro atoms. The van der Waals surface area contributed by atoms with Crippen LogP contribution in [0.1, 0.15) is 57.1 Å². The molecule has 4 N–H and O–H groups in total. The summed E-state index contributed by atoms with van der Waals surface area (Å²) < 4.78 is 33.5. The highest BCUT2D eigenvalue weighted by Gasteiger charge is 2.37. The van der Waals surface area contributed by atoms with Crippen LogP contribution in [-0.4, -0.2) is 43.9 Å². The Bertz CT molecular complexity index is 1380. The highest BCUT2D eigenvalue weighted by molar-refractivity contribution is 7.90. The molecule has 1 fully saturated rings. The van der Waals surface area contributed by atoms with Crippen molar-refractivity contribution in [2.75, 3.05) is 18.4 Å². The van der Waals surface area contributed by atoms with Gasteiger partial charge >= 0.3 is 5.97 Å². The Labute approximate surface area is 210 Å². The summed E-state index contributed by atoms with van der Waals surface area (Å²) in [4.78, 5) is 16.1. The van der Waals surface area contributed by atoms with E-state index in [4.69, 9.17) is 15.4 Å². The minimum absolute atomic E-state index is 0.179. The molecule has 2 aromatic rings. The van der Waals surface area contributed by atoms with Crippen molar-refractivity contribution in [3.63, 3.8) is 0 Å².